The number of hydrogen-bond donors (Lipinski definition) is 1. The highest BCUT2D eigenvalue weighted by atomic mass is 19.4. The molecule has 0 radical (unpaired) electrons. The van der Waals surface area contributed by atoms with Gasteiger partial charge in [0.15, 0.2) is 0 Å². The molecule has 0 aromatic heterocycles. The van der Waals surface area contributed by atoms with Gasteiger partial charge in [-0.1, -0.05) is 48.5 Å². The van der Waals surface area contributed by atoms with Gasteiger partial charge in [-0.15, -0.1) is 0 Å². The average molecular weight is 471 g/mol. The Labute approximate surface area is 195 Å². The second-order valence-electron chi connectivity index (χ2n) is 7.56. The van der Waals surface area contributed by atoms with E-state index in [1.165, 1.54) is 13.0 Å². The maximum Gasteiger partial charge on any atom is 0.416 e. The Hall–Kier alpha value is -3.65. The molecular weight excluding hydrogens is 447 g/mol. The molecule has 0 aliphatic carbocycles. The number of benzene rings is 3. The molecule has 3 rings (SSSR count). The van der Waals surface area contributed by atoms with Crippen LogP contribution in [0.25, 0.3) is 11.1 Å². The molecule has 5 nitrogen and oxygen atoms in total. The van der Waals surface area contributed by atoms with Crippen LogP contribution in [-0.4, -0.2) is 18.5 Å². The Morgan fingerprint density at radius 1 is 0.941 bits per heavy atom. The van der Waals surface area contributed by atoms with Crippen molar-refractivity contribution in [3.8, 4) is 16.9 Å². The van der Waals surface area contributed by atoms with Crippen LogP contribution in [0.5, 0.6) is 5.75 Å². The maximum absolute atomic E-state index is 13.3. The predicted molar refractivity (Wildman–Crippen MR) is 121 cm³/mol. The Kier molecular flexibility index (Phi) is 8.43. The molecule has 178 valence electrons. The fraction of sp³-hybridized carbons (Fsp3) is 0.231. The van der Waals surface area contributed by atoms with Crippen LogP contribution in [0.4, 0.5) is 13.2 Å². The van der Waals surface area contributed by atoms with E-state index in [1.807, 2.05) is 30.3 Å². The van der Waals surface area contributed by atoms with Crippen LogP contribution in [-0.2, 0) is 33.7 Å². The predicted octanol–water partition coefficient (Wildman–Crippen LogP) is 5.52. The first-order valence-electron chi connectivity index (χ1n) is 10.6. The first-order chi connectivity index (χ1) is 16.2. The molecular formula is C26H24F3NO4. The lowest BCUT2D eigenvalue weighted by molar-refractivity contribution is -0.145. The van der Waals surface area contributed by atoms with Crippen LogP contribution in [0.2, 0.25) is 0 Å². The molecule has 0 amide bonds. The minimum absolute atomic E-state index is 0.0725. The standard InChI is InChI=1S/C26H24F3NO4/c1-18(31)34-23-9-5-8-20(15-23)24-11-10-22(26(27,28)29)14-21(24)16-30-13-12-25(32)33-17-19-6-3-2-4-7-19/h2-11,14-15,30H,12-13,16-17H2,1H3. The average Bonchev–Trinajstić information content (AvgIpc) is 2.80. The van der Waals surface area contributed by atoms with E-state index in [9.17, 15) is 22.8 Å². The van der Waals surface area contributed by atoms with Crippen molar-refractivity contribution in [3.05, 3.63) is 89.5 Å². The Bertz CT molecular complexity index is 1130. The summed E-state index contributed by atoms with van der Waals surface area (Å²) in [6.07, 6.45) is -4.42. The molecule has 0 atom stereocenters. The molecule has 0 saturated carbocycles. The minimum Gasteiger partial charge on any atom is -0.461 e. The quantitative estimate of drug-likeness (QED) is 0.253. The molecule has 0 bridgehead atoms. The second kappa shape index (κ2) is 11.5. The number of nitrogens with one attached hydrogen (secondary N) is 1. The summed E-state index contributed by atoms with van der Waals surface area (Å²) in [5.74, 6) is -0.606. The number of rotatable bonds is 9. The number of alkyl halides is 3. The van der Waals surface area contributed by atoms with Gasteiger partial charge < -0.3 is 14.8 Å². The highest BCUT2D eigenvalue weighted by Gasteiger charge is 2.31. The lowest BCUT2D eigenvalue weighted by atomic mass is 9.97. The topological polar surface area (TPSA) is 64.6 Å². The molecule has 1 N–H and O–H groups in total. The van der Waals surface area contributed by atoms with E-state index in [0.717, 1.165) is 17.7 Å². The van der Waals surface area contributed by atoms with Gasteiger partial charge in [0, 0.05) is 20.0 Å². The number of hydrogen-bond acceptors (Lipinski definition) is 5. The zero-order chi connectivity index (χ0) is 24.6. The maximum atomic E-state index is 13.3. The van der Waals surface area contributed by atoms with Crippen LogP contribution in [0, 0.1) is 0 Å². The number of carbonyl (C=O) groups is 2. The highest BCUT2D eigenvalue weighted by Crippen LogP contribution is 2.34. The van der Waals surface area contributed by atoms with Gasteiger partial charge in [0.1, 0.15) is 12.4 Å². The van der Waals surface area contributed by atoms with Crippen LogP contribution in [0.15, 0.2) is 72.8 Å². The van der Waals surface area contributed by atoms with Gasteiger partial charge in [-0.3, -0.25) is 9.59 Å². The lowest BCUT2D eigenvalue weighted by Gasteiger charge is -2.15. The molecule has 0 unspecified atom stereocenters. The Morgan fingerprint density at radius 3 is 2.41 bits per heavy atom. The molecule has 3 aromatic rings. The third-order valence-corrected chi connectivity index (χ3v) is 4.90. The monoisotopic (exact) mass is 471 g/mol. The molecule has 0 fully saturated rings. The van der Waals surface area contributed by atoms with Gasteiger partial charge in [-0.2, -0.15) is 13.2 Å². The van der Waals surface area contributed by atoms with E-state index in [2.05, 4.69) is 5.32 Å². The molecule has 0 heterocycles. The third kappa shape index (κ3) is 7.45. The fourth-order valence-corrected chi connectivity index (χ4v) is 3.31. The summed E-state index contributed by atoms with van der Waals surface area (Å²) < 4.78 is 50.2. The van der Waals surface area contributed by atoms with E-state index >= 15 is 0 Å². The van der Waals surface area contributed by atoms with E-state index in [4.69, 9.17) is 9.47 Å². The van der Waals surface area contributed by atoms with Crippen molar-refractivity contribution in [1.29, 1.82) is 0 Å². The first kappa shape index (κ1) is 25.0. The summed E-state index contributed by atoms with van der Waals surface area (Å²) >= 11 is 0. The molecule has 0 saturated heterocycles. The summed E-state index contributed by atoms with van der Waals surface area (Å²) in [7, 11) is 0. The molecule has 3 aromatic carbocycles. The first-order valence-corrected chi connectivity index (χ1v) is 10.6. The van der Waals surface area contributed by atoms with Gasteiger partial charge in [0.05, 0.1) is 12.0 Å². The van der Waals surface area contributed by atoms with Crippen LogP contribution in [0.1, 0.15) is 30.0 Å². The smallest absolute Gasteiger partial charge is 0.416 e. The molecule has 0 aliphatic heterocycles. The van der Waals surface area contributed by atoms with Crippen LogP contribution < -0.4 is 10.1 Å². The minimum atomic E-state index is -4.49. The van der Waals surface area contributed by atoms with Crippen molar-refractivity contribution in [3.63, 3.8) is 0 Å². The van der Waals surface area contributed by atoms with Crippen LogP contribution in [0.3, 0.4) is 0 Å². The summed E-state index contributed by atoms with van der Waals surface area (Å²) in [4.78, 5) is 23.2. The van der Waals surface area contributed by atoms with Crippen molar-refractivity contribution in [2.75, 3.05) is 6.54 Å². The summed E-state index contributed by atoms with van der Waals surface area (Å²) in [5.41, 5.74) is 1.65. The van der Waals surface area contributed by atoms with Crippen molar-refractivity contribution in [1.82, 2.24) is 5.32 Å². The summed E-state index contributed by atoms with van der Waals surface area (Å²) in [6, 6.07) is 19.3. The molecule has 34 heavy (non-hydrogen) atoms. The van der Waals surface area contributed by atoms with Crippen LogP contribution >= 0.6 is 0 Å². The van der Waals surface area contributed by atoms with Gasteiger partial charge >= 0.3 is 18.1 Å². The van der Waals surface area contributed by atoms with Gasteiger partial charge in [-0.25, -0.2) is 0 Å². The fourth-order valence-electron chi connectivity index (χ4n) is 3.31. The number of halogens is 3. The highest BCUT2D eigenvalue weighted by molar-refractivity contribution is 5.73. The summed E-state index contributed by atoms with van der Waals surface area (Å²) in [6.45, 7) is 1.76. The van der Waals surface area contributed by atoms with Crippen molar-refractivity contribution in [2.45, 2.75) is 32.7 Å². The third-order valence-electron chi connectivity index (χ3n) is 4.90. The normalized spacial score (nSPS) is 11.2. The van der Waals surface area contributed by atoms with Gasteiger partial charge in [0.2, 0.25) is 0 Å². The SMILES string of the molecule is CC(=O)Oc1cccc(-c2ccc(C(F)(F)F)cc2CNCCC(=O)OCc2ccccc2)c1. The van der Waals surface area contributed by atoms with E-state index in [-0.39, 0.29) is 26.1 Å². The second-order valence-corrected chi connectivity index (χ2v) is 7.56. The van der Waals surface area contributed by atoms with Crippen molar-refractivity contribution in [2.24, 2.45) is 0 Å². The Balaban J connectivity index is 1.67. The zero-order valence-corrected chi connectivity index (χ0v) is 18.5. The van der Waals surface area contributed by atoms with Gasteiger partial charge in [-0.05, 0) is 46.5 Å². The molecule has 0 spiro atoms. The van der Waals surface area contributed by atoms with Crippen molar-refractivity contribution < 1.29 is 32.2 Å². The number of ether oxygens (including phenoxy) is 2. The Morgan fingerprint density at radius 2 is 1.71 bits per heavy atom. The van der Waals surface area contributed by atoms with Gasteiger partial charge in [0.25, 0.3) is 0 Å². The molecule has 0 aliphatic rings. The number of carbonyl (C=O) groups excluding carboxylic acids is 2. The summed E-state index contributed by atoms with van der Waals surface area (Å²) in [5, 5.41) is 3.01. The molecule has 8 heteroatoms. The lowest BCUT2D eigenvalue weighted by Crippen LogP contribution is -2.20. The zero-order valence-electron chi connectivity index (χ0n) is 18.5. The van der Waals surface area contributed by atoms with E-state index in [1.54, 1.807) is 24.3 Å². The largest absolute Gasteiger partial charge is 0.461 e. The van der Waals surface area contributed by atoms with Crippen molar-refractivity contribution >= 4 is 11.9 Å². The number of esters is 2. The van der Waals surface area contributed by atoms with E-state index in [0.29, 0.717) is 22.4 Å². The van der Waals surface area contributed by atoms with E-state index < -0.39 is 23.7 Å².